The normalized spacial score (nSPS) is 12.7. The molecule has 0 bridgehead atoms. The standard InChI is InChI=1S/C13H12Br2FNS/c1-2-17-12(8-5-3-4-6-10(8)16)11-7-9(14)13(15)18-11/h3-7,12,17H,2H2,1H3. The molecule has 5 heteroatoms. The van der Waals surface area contributed by atoms with Crippen LogP contribution in [0.3, 0.4) is 0 Å². The minimum atomic E-state index is -0.177. The van der Waals surface area contributed by atoms with Gasteiger partial charge in [-0.2, -0.15) is 0 Å². The van der Waals surface area contributed by atoms with Crippen molar-refractivity contribution in [1.82, 2.24) is 5.32 Å². The number of hydrogen-bond acceptors (Lipinski definition) is 2. The summed E-state index contributed by atoms with van der Waals surface area (Å²) >= 11 is 8.55. The van der Waals surface area contributed by atoms with Crippen LogP contribution < -0.4 is 5.32 Å². The molecule has 1 heterocycles. The Morgan fingerprint density at radius 1 is 1.33 bits per heavy atom. The van der Waals surface area contributed by atoms with Crippen LogP contribution in [0, 0.1) is 5.82 Å². The van der Waals surface area contributed by atoms with E-state index in [-0.39, 0.29) is 11.9 Å². The number of benzene rings is 1. The van der Waals surface area contributed by atoms with E-state index in [4.69, 9.17) is 0 Å². The van der Waals surface area contributed by atoms with Gasteiger partial charge in [0.25, 0.3) is 0 Å². The molecule has 2 rings (SSSR count). The average molecular weight is 393 g/mol. The number of nitrogens with one attached hydrogen (secondary N) is 1. The average Bonchev–Trinajstić information content (AvgIpc) is 2.68. The largest absolute Gasteiger partial charge is 0.306 e. The Morgan fingerprint density at radius 2 is 2.06 bits per heavy atom. The smallest absolute Gasteiger partial charge is 0.128 e. The molecule has 0 saturated carbocycles. The Morgan fingerprint density at radius 3 is 2.61 bits per heavy atom. The van der Waals surface area contributed by atoms with Gasteiger partial charge in [-0.1, -0.05) is 25.1 Å². The van der Waals surface area contributed by atoms with Crippen LogP contribution >= 0.6 is 43.2 Å². The molecule has 1 aromatic heterocycles. The maximum absolute atomic E-state index is 13.9. The van der Waals surface area contributed by atoms with Gasteiger partial charge in [-0.3, -0.25) is 0 Å². The van der Waals surface area contributed by atoms with Crippen LogP contribution in [0.25, 0.3) is 0 Å². The Bertz CT molecular complexity index is 522. The van der Waals surface area contributed by atoms with Crippen molar-refractivity contribution < 1.29 is 4.39 Å². The lowest BCUT2D eigenvalue weighted by atomic mass is 10.0. The maximum atomic E-state index is 13.9. The summed E-state index contributed by atoms with van der Waals surface area (Å²) in [5, 5.41) is 3.33. The van der Waals surface area contributed by atoms with E-state index in [9.17, 15) is 4.39 Å². The predicted molar refractivity (Wildman–Crippen MR) is 81.6 cm³/mol. The molecule has 0 fully saturated rings. The fourth-order valence-electron chi connectivity index (χ4n) is 1.78. The summed E-state index contributed by atoms with van der Waals surface area (Å²) in [7, 11) is 0. The lowest BCUT2D eigenvalue weighted by molar-refractivity contribution is 0.563. The van der Waals surface area contributed by atoms with Crippen molar-refractivity contribution in [3.05, 3.63) is 54.8 Å². The summed E-state index contributed by atoms with van der Waals surface area (Å²) in [6, 6.07) is 8.81. The molecule has 0 aliphatic carbocycles. The van der Waals surface area contributed by atoms with Gasteiger partial charge >= 0.3 is 0 Å². The summed E-state index contributed by atoms with van der Waals surface area (Å²) in [5.74, 6) is -0.177. The lowest BCUT2D eigenvalue weighted by Gasteiger charge is -2.17. The third-order valence-corrected chi connectivity index (χ3v) is 5.89. The highest BCUT2D eigenvalue weighted by molar-refractivity contribution is 9.13. The molecule has 0 spiro atoms. The van der Waals surface area contributed by atoms with Crippen LogP contribution in [0.2, 0.25) is 0 Å². The number of rotatable bonds is 4. The molecule has 0 aliphatic rings. The van der Waals surface area contributed by atoms with Gasteiger partial charge in [-0.25, -0.2) is 4.39 Å². The molecule has 1 nitrogen and oxygen atoms in total. The summed E-state index contributed by atoms with van der Waals surface area (Å²) in [6.45, 7) is 2.80. The number of thiophene rings is 1. The van der Waals surface area contributed by atoms with E-state index in [1.165, 1.54) is 6.07 Å². The van der Waals surface area contributed by atoms with Crippen LogP contribution in [0.15, 0.2) is 38.6 Å². The molecule has 96 valence electrons. The highest BCUT2D eigenvalue weighted by atomic mass is 79.9. The van der Waals surface area contributed by atoms with E-state index in [2.05, 4.69) is 37.2 Å². The Balaban J connectivity index is 2.43. The first kappa shape index (κ1) is 14.2. The monoisotopic (exact) mass is 391 g/mol. The van der Waals surface area contributed by atoms with Crippen molar-refractivity contribution in [2.45, 2.75) is 13.0 Å². The van der Waals surface area contributed by atoms with Gasteiger partial charge in [0.15, 0.2) is 0 Å². The van der Waals surface area contributed by atoms with E-state index >= 15 is 0 Å². The van der Waals surface area contributed by atoms with Crippen LogP contribution in [0.1, 0.15) is 23.4 Å². The second-order valence-corrected chi connectivity index (χ2v) is 7.04. The molecule has 1 N–H and O–H groups in total. The molecule has 1 aromatic carbocycles. The quantitative estimate of drug-likeness (QED) is 0.762. The van der Waals surface area contributed by atoms with Crippen LogP contribution in [-0.2, 0) is 0 Å². The first-order valence-electron chi connectivity index (χ1n) is 5.56. The SMILES string of the molecule is CCNC(c1cc(Br)c(Br)s1)c1ccccc1F. The van der Waals surface area contributed by atoms with Crippen molar-refractivity contribution in [2.24, 2.45) is 0 Å². The fourth-order valence-corrected chi connectivity index (χ4v) is 3.97. The molecule has 1 atom stereocenters. The van der Waals surface area contributed by atoms with Crippen LogP contribution in [0.4, 0.5) is 4.39 Å². The van der Waals surface area contributed by atoms with Gasteiger partial charge in [0.2, 0.25) is 0 Å². The fraction of sp³-hybridized carbons (Fsp3) is 0.231. The molecule has 0 radical (unpaired) electrons. The number of halogens is 3. The summed E-state index contributed by atoms with van der Waals surface area (Å²) in [5.41, 5.74) is 0.681. The molecular formula is C13H12Br2FNS. The van der Waals surface area contributed by atoms with Crippen molar-refractivity contribution in [1.29, 1.82) is 0 Å². The third kappa shape index (κ3) is 3.02. The van der Waals surface area contributed by atoms with E-state index < -0.39 is 0 Å². The van der Waals surface area contributed by atoms with Gasteiger partial charge < -0.3 is 5.32 Å². The molecule has 0 saturated heterocycles. The van der Waals surface area contributed by atoms with Crippen LogP contribution in [-0.4, -0.2) is 6.54 Å². The Labute approximate surface area is 127 Å². The van der Waals surface area contributed by atoms with Crippen LogP contribution in [0.5, 0.6) is 0 Å². The van der Waals surface area contributed by atoms with Crippen molar-refractivity contribution in [3.8, 4) is 0 Å². The van der Waals surface area contributed by atoms with E-state index in [1.54, 1.807) is 17.4 Å². The molecule has 0 aliphatic heterocycles. The lowest BCUT2D eigenvalue weighted by Crippen LogP contribution is -2.22. The third-order valence-electron chi connectivity index (χ3n) is 2.57. The zero-order valence-electron chi connectivity index (χ0n) is 9.71. The van der Waals surface area contributed by atoms with E-state index in [0.29, 0.717) is 5.56 Å². The zero-order chi connectivity index (χ0) is 13.1. The highest BCUT2D eigenvalue weighted by Gasteiger charge is 2.19. The maximum Gasteiger partial charge on any atom is 0.128 e. The predicted octanol–water partition coefficient (Wildman–Crippen LogP) is 5.11. The Hall–Kier alpha value is -0.230. The Kier molecular flexibility index (Phi) is 4.95. The van der Waals surface area contributed by atoms with E-state index in [0.717, 1.165) is 19.7 Å². The van der Waals surface area contributed by atoms with Crippen molar-refractivity contribution >= 4 is 43.2 Å². The minimum Gasteiger partial charge on any atom is -0.306 e. The van der Waals surface area contributed by atoms with Gasteiger partial charge in [0.05, 0.1) is 9.83 Å². The van der Waals surface area contributed by atoms with Gasteiger partial charge in [-0.15, -0.1) is 11.3 Å². The van der Waals surface area contributed by atoms with Gasteiger partial charge in [0.1, 0.15) is 5.82 Å². The first-order chi connectivity index (χ1) is 8.63. The minimum absolute atomic E-state index is 0.108. The summed E-state index contributed by atoms with van der Waals surface area (Å²) in [4.78, 5) is 1.08. The first-order valence-corrected chi connectivity index (χ1v) is 7.96. The number of hydrogen-bond donors (Lipinski definition) is 1. The molecular weight excluding hydrogens is 381 g/mol. The van der Waals surface area contributed by atoms with Gasteiger partial charge in [0, 0.05) is 14.9 Å². The molecule has 1 unspecified atom stereocenters. The second-order valence-electron chi connectivity index (χ2n) is 3.78. The van der Waals surface area contributed by atoms with Crippen molar-refractivity contribution in [2.75, 3.05) is 6.54 Å². The zero-order valence-corrected chi connectivity index (χ0v) is 13.7. The second kappa shape index (κ2) is 6.28. The highest BCUT2D eigenvalue weighted by Crippen LogP contribution is 2.38. The van der Waals surface area contributed by atoms with E-state index in [1.807, 2.05) is 25.1 Å². The summed E-state index contributed by atoms with van der Waals surface area (Å²) in [6.07, 6.45) is 0. The molecule has 2 aromatic rings. The molecule has 18 heavy (non-hydrogen) atoms. The molecule has 0 amide bonds. The summed E-state index contributed by atoms with van der Waals surface area (Å²) < 4.78 is 15.9. The topological polar surface area (TPSA) is 12.0 Å². The van der Waals surface area contributed by atoms with Gasteiger partial charge in [-0.05, 0) is 50.5 Å². The van der Waals surface area contributed by atoms with Crippen molar-refractivity contribution in [3.63, 3.8) is 0 Å².